The van der Waals surface area contributed by atoms with E-state index in [1.165, 1.54) is 0 Å². The first-order chi connectivity index (χ1) is 10.5. The molecule has 0 aromatic heterocycles. The molecule has 3 fully saturated rings. The molecule has 0 unspecified atom stereocenters. The van der Waals surface area contributed by atoms with Crippen LogP contribution in [0.2, 0.25) is 0 Å². The molecule has 1 aliphatic carbocycles. The van der Waals surface area contributed by atoms with Gasteiger partial charge in [-0.15, -0.1) is 0 Å². The van der Waals surface area contributed by atoms with Crippen LogP contribution in [0.15, 0.2) is 0 Å². The third-order valence-corrected chi connectivity index (χ3v) is 5.45. The minimum absolute atomic E-state index is 0.179. The van der Waals surface area contributed by atoms with Crippen molar-refractivity contribution in [1.82, 2.24) is 9.80 Å². The minimum Gasteiger partial charge on any atom is -0.373 e. The molecule has 0 bridgehead atoms. The normalized spacial score (nSPS) is 40.3. The van der Waals surface area contributed by atoms with Crippen LogP contribution in [-0.2, 0) is 9.53 Å². The molecule has 0 spiro atoms. The summed E-state index contributed by atoms with van der Waals surface area (Å²) in [4.78, 5) is 17.4. The monoisotopic (exact) mass is 309 g/mol. The predicted octanol–water partition coefficient (Wildman–Crippen LogP) is 1.21. The van der Waals surface area contributed by atoms with Gasteiger partial charge in [-0.05, 0) is 46.0 Å². The molecule has 2 aliphatic heterocycles. The molecule has 0 aromatic carbocycles. The van der Waals surface area contributed by atoms with Gasteiger partial charge in [0.15, 0.2) is 0 Å². The van der Waals surface area contributed by atoms with Crippen molar-refractivity contribution in [3.05, 3.63) is 0 Å². The van der Waals surface area contributed by atoms with E-state index in [9.17, 15) is 4.79 Å². The van der Waals surface area contributed by atoms with Crippen LogP contribution >= 0.6 is 0 Å². The first-order valence-electron chi connectivity index (χ1n) is 8.96. The summed E-state index contributed by atoms with van der Waals surface area (Å²) in [6.45, 7) is 8.18. The van der Waals surface area contributed by atoms with Gasteiger partial charge in [0.05, 0.1) is 12.2 Å². The summed E-state index contributed by atoms with van der Waals surface area (Å²) < 4.78 is 5.81. The molecule has 3 rings (SSSR count). The topological polar surface area (TPSA) is 58.8 Å². The Morgan fingerprint density at radius 3 is 2.55 bits per heavy atom. The van der Waals surface area contributed by atoms with Gasteiger partial charge in [0.25, 0.3) is 0 Å². The lowest BCUT2D eigenvalue weighted by Crippen LogP contribution is -2.51. The van der Waals surface area contributed by atoms with Crippen molar-refractivity contribution >= 4 is 5.91 Å². The molecule has 22 heavy (non-hydrogen) atoms. The molecule has 5 nitrogen and oxygen atoms in total. The van der Waals surface area contributed by atoms with Crippen molar-refractivity contribution in [2.45, 2.75) is 70.2 Å². The van der Waals surface area contributed by atoms with E-state index in [0.717, 1.165) is 58.3 Å². The zero-order valence-electron chi connectivity index (χ0n) is 14.0. The molecule has 2 N–H and O–H groups in total. The van der Waals surface area contributed by atoms with Crippen molar-refractivity contribution in [3.63, 3.8) is 0 Å². The van der Waals surface area contributed by atoms with Crippen molar-refractivity contribution in [2.75, 3.05) is 26.2 Å². The smallest absolute Gasteiger partial charge is 0.226 e. The number of ether oxygens (including phenoxy) is 1. The lowest BCUT2D eigenvalue weighted by atomic mass is 10.1. The summed E-state index contributed by atoms with van der Waals surface area (Å²) in [5.74, 6) is 0.544. The number of hydrogen-bond donors (Lipinski definition) is 1. The lowest BCUT2D eigenvalue weighted by molar-refractivity contribution is -0.137. The number of rotatable bonds is 3. The first kappa shape index (κ1) is 16.2. The first-order valence-corrected chi connectivity index (χ1v) is 8.96. The molecular weight excluding hydrogens is 278 g/mol. The van der Waals surface area contributed by atoms with Gasteiger partial charge < -0.3 is 15.4 Å². The Hall–Kier alpha value is -0.650. The summed E-state index contributed by atoms with van der Waals surface area (Å²) in [6, 6.07) is 0.623. The van der Waals surface area contributed by atoms with Crippen molar-refractivity contribution in [3.8, 4) is 0 Å². The number of carbonyl (C=O) groups is 1. The third kappa shape index (κ3) is 3.63. The third-order valence-electron chi connectivity index (χ3n) is 5.45. The second kappa shape index (κ2) is 6.85. The highest BCUT2D eigenvalue weighted by molar-refractivity contribution is 5.79. The van der Waals surface area contributed by atoms with Gasteiger partial charge in [0, 0.05) is 44.2 Å². The van der Waals surface area contributed by atoms with Crippen molar-refractivity contribution < 1.29 is 9.53 Å². The van der Waals surface area contributed by atoms with E-state index in [4.69, 9.17) is 10.5 Å². The average Bonchev–Trinajstić information content (AvgIpc) is 3.06. The van der Waals surface area contributed by atoms with Gasteiger partial charge in [-0.2, -0.15) is 0 Å². The molecule has 0 radical (unpaired) electrons. The largest absolute Gasteiger partial charge is 0.373 e. The molecular formula is C17H31N3O2. The molecule has 126 valence electrons. The number of likely N-dealkylation sites (tertiary alicyclic amines) is 1. The van der Waals surface area contributed by atoms with Gasteiger partial charge in [0.2, 0.25) is 5.91 Å². The second-order valence-corrected chi connectivity index (χ2v) is 7.57. The van der Waals surface area contributed by atoms with Crippen LogP contribution in [0.25, 0.3) is 0 Å². The van der Waals surface area contributed by atoms with Gasteiger partial charge in [-0.1, -0.05) is 0 Å². The fourth-order valence-electron chi connectivity index (χ4n) is 4.52. The maximum atomic E-state index is 12.8. The van der Waals surface area contributed by atoms with Crippen LogP contribution in [0.5, 0.6) is 0 Å². The lowest BCUT2D eigenvalue weighted by Gasteiger charge is -2.38. The van der Waals surface area contributed by atoms with Crippen LogP contribution in [0.4, 0.5) is 0 Å². The maximum Gasteiger partial charge on any atom is 0.226 e. The molecule has 1 amide bonds. The summed E-state index contributed by atoms with van der Waals surface area (Å²) in [5.41, 5.74) is 5.98. The van der Waals surface area contributed by atoms with E-state index < -0.39 is 0 Å². The number of carbonyl (C=O) groups excluding carboxylic acids is 1. The SMILES string of the molecule is C[C@@H]1CN(C[C@@H]2CCCN2C(=O)[C@@H]2CC[C@@H](N)C2)C[C@@H](C)O1. The fourth-order valence-corrected chi connectivity index (χ4v) is 4.52. The van der Waals surface area contributed by atoms with E-state index in [0.29, 0.717) is 24.2 Å². The van der Waals surface area contributed by atoms with E-state index in [1.807, 2.05) is 0 Å². The van der Waals surface area contributed by atoms with Crippen LogP contribution in [0.3, 0.4) is 0 Å². The van der Waals surface area contributed by atoms with Gasteiger partial charge in [-0.3, -0.25) is 9.69 Å². The van der Waals surface area contributed by atoms with Crippen molar-refractivity contribution in [2.24, 2.45) is 11.7 Å². The summed E-state index contributed by atoms with van der Waals surface area (Å²) >= 11 is 0. The standard InChI is InChI=1S/C17H31N3O2/c1-12-9-19(10-13(2)22-12)11-16-4-3-7-20(16)17(21)14-5-6-15(18)8-14/h12-16H,3-11,18H2,1-2H3/t12-,13-,14-,15-,16+/m1/s1. The van der Waals surface area contributed by atoms with Crippen LogP contribution in [0, 0.1) is 5.92 Å². The Morgan fingerprint density at radius 2 is 1.91 bits per heavy atom. The highest BCUT2D eigenvalue weighted by Gasteiger charge is 2.37. The molecule has 5 heteroatoms. The van der Waals surface area contributed by atoms with E-state index in [1.54, 1.807) is 0 Å². The fraction of sp³-hybridized carbons (Fsp3) is 0.941. The molecule has 3 aliphatic rings. The summed E-state index contributed by atoms with van der Waals surface area (Å²) in [5, 5.41) is 0. The van der Waals surface area contributed by atoms with Crippen molar-refractivity contribution in [1.29, 1.82) is 0 Å². The summed E-state index contributed by atoms with van der Waals surface area (Å²) in [7, 11) is 0. The Balaban J connectivity index is 1.57. The Labute approximate surface area is 134 Å². The second-order valence-electron chi connectivity index (χ2n) is 7.57. The maximum absolute atomic E-state index is 12.8. The molecule has 5 atom stereocenters. The van der Waals surface area contributed by atoms with Crippen LogP contribution in [0.1, 0.15) is 46.0 Å². The van der Waals surface area contributed by atoms with Gasteiger partial charge >= 0.3 is 0 Å². The highest BCUT2D eigenvalue weighted by atomic mass is 16.5. The Bertz CT molecular complexity index is 393. The zero-order valence-corrected chi connectivity index (χ0v) is 14.0. The molecule has 1 saturated carbocycles. The average molecular weight is 309 g/mol. The minimum atomic E-state index is 0.179. The number of nitrogens with zero attached hydrogens (tertiary/aromatic N) is 2. The number of hydrogen-bond acceptors (Lipinski definition) is 4. The number of nitrogens with two attached hydrogens (primary N) is 1. The van der Waals surface area contributed by atoms with Gasteiger partial charge in [0.1, 0.15) is 0 Å². The highest BCUT2D eigenvalue weighted by Crippen LogP contribution is 2.29. The van der Waals surface area contributed by atoms with Gasteiger partial charge in [-0.25, -0.2) is 0 Å². The molecule has 2 heterocycles. The zero-order chi connectivity index (χ0) is 15.7. The number of amides is 1. The predicted molar refractivity (Wildman–Crippen MR) is 86.5 cm³/mol. The Morgan fingerprint density at radius 1 is 1.18 bits per heavy atom. The Kier molecular flexibility index (Phi) is 5.05. The summed E-state index contributed by atoms with van der Waals surface area (Å²) in [6.07, 6.45) is 5.75. The van der Waals surface area contributed by atoms with E-state index >= 15 is 0 Å². The molecule has 2 saturated heterocycles. The quantitative estimate of drug-likeness (QED) is 0.851. The number of morpholine rings is 1. The van der Waals surface area contributed by atoms with Crippen LogP contribution in [-0.4, -0.2) is 66.2 Å². The van der Waals surface area contributed by atoms with Crippen LogP contribution < -0.4 is 5.73 Å². The molecule has 0 aromatic rings. The van der Waals surface area contributed by atoms with E-state index in [-0.39, 0.29) is 12.0 Å². The van der Waals surface area contributed by atoms with E-state index in [2.05, 4.69) is 23.6 Å².